The average molecular weight is 460 g/mol. The molecule has 0 bridgehead atoms. The van der Waals surface area contributed by atoms with Gasteiger partial charge in [0.2, 0.25) is 0 Å². The summed E-state index contributed by atoms with van der Waals surface area (Å²) in [5.41, 5.74) is 0.825. The van der Waals surface area contributed by atoms with Gasteiger partial charge in [-0.25, -0.2) is 14.5 Å². The molecular weight excluding hydrogens is 437 g/mol. The van der Waals surface area contributed by atoms with Crippen LogP contribution in [0, 0.1) is 0 Å². The van der Waals surface area contributed by atoms with Crippen LogP contribution in [0.4, 0.5) is 29.3 Å². The van der Waals surface area contributed by atoms with Gasteiger partial charge in [-0.2, -0.15) is 18.3 Å². The molecule has 0 radical (unpaired) electrons. The van der Waals surface area contributed by atoms with E-state index in [2.05, 4.69) is 26.0 Å². The molecular formula is C22H23F3N6O2. The number of benzene rings is 1. The molecule has 0 aliphatic heterocycles. The van der Waals surface area contributed by atoms with Crippen molar-refractivity contribution in [1.29, 1.82) is 0 Å². The molecule has 2 aromatic heterocycles. The Hall–Kier alpha value is -3.89. The van der Waals surface area contributed by atoms with Crippen molar-refractivity contribution >= 4 is 23.3 Å². The van der Waals surface area contributed by atoms with Gasteiger partial charge in [-0.15, -0.1) is 0 Å². The van der Waals surface area contributed by atoms with E-state index in [1.54, 1.807) is 31.2 Å². The van der Waals surface area contributed by atoms with Gasteiger partial charge in [0.15, 0.2) is 5.82 Å². The number of hydrogen-bond donors (Lipinski definition) is 3. The van der Waals surface area contributed by atoms with Crippen LogP contribution in [0.2, 0.25) is 0 Å². The van der Waals surface area contributed by atoms with Crippen molar-refractivity contribution in [2.75, 3.05) is 17.2 Å². The van der Waals surface area contributed by atoms with Gasteiger partial charge in [-0.1, -0.05) is 19.9 Å². The summed E-state index contributed by atoms with van der Waals surface area (Å²) in [5.74, 6) is -0.464. The lowest BCUT2D eigenvalue weighted by Gasteiger charge is -2.13. The minimum atomic E-state index is -4.50. The van der Waals surface area contributed by atoms with Gasteiger partial charge in [0, 0.05) is 24.1 Å². The second-order valence-corrected chi connectivity index (χ2v) is 7.43. The molecule has 0 unspecified atom stereocenters. The number of halogens is 3. The predicted octanol–water partition coefficient (Wildman–Crippen LogP) is 4.80. The molecule has 0 atom stereocenters. The predicted molar refractivity (Wildman–Crippen MR) is 118 cm³/mol. The zero-order valence-electron chi connectivity index (χ0n) is 18.2. The van der Waals surface area contributed by atoms with Crippen LogP contribution in [0.25, 0.3) is 5.82 Å². The fourth-order valence-electron chi connectivity index (χ4n) is 3.16. The topological polar surface area (TPSA) is 101 Å². The molecule has 0 aliphatic carbocycles. The van der Waals surface area contributed by atoms with Crippen molar-refractivity contribution in [1.82, 2.24) is 20.1 Å². The number of rotatable bonds is 6. The maximum absolute atomic E-state index is 13.0. The molecule has 3 amide bonds. The number of amides is 3. The van der Waals surface area contributed by atoms with Crippen molar-refractivity contribution in [3.8, 4) is 5.82 Å². The fourth-order valence-corrected chi connectivity index (χ4v) is 3.16. The van der Waals surface area contributed by atoms with Crippen LogP contribution in [0.15, 0.2) is 48.8 Å². The van der Waals surface area contributed by atoms with E-state index in [0.717, 1.165) is 12.3 Å². The van der Waals surface area contributed by atoms with Crippen LogP contribution in [0.3, 0.4) is 0 Å². The Morgan fingerprint density at radius 3 is 2.33 bits per heavy atom. The number of alkyl halides is 3. The molecule has 8 nitrogen and oxygen atoms in total. The average Bonchev–Trinajstić information content (AvgIpc) is 3.19. The molecule has 11 heteroatoms. The van der Waals surface area contributed by atoms with E-state index in [1.165, 1.54) is 16.9 Å². The first kappa shape index (κ1) is 23.8. The summed E-state index contributed by atoms with van der Waals surface area (Å²) in [6, 6.07) is 8.38. The van der Waals surface area contributed by atoms with Crippen LogP contribution in [-0.2, 0) is 6.18 Å². The number of hydrogen-bond acceptors (Lipinski definition) is 4. The van der Waals surface area contributed by atoms with E-state index in [0.29, 0.717) is 23.6 Å². The molecule has 0 spiro atoms. The molecule has 3 aromatic rings. The summed E-state index contributed by atoms with van der Waals surface area (Å²) in [6.45, 7) is 5.94. The Kier molecular flexibility index (Phi) is 7.00. The third-order valence-electron chi connectivity index (χ3n) is 4.61. The van der Waals surface area contributed by atoms with Gasteiger partial charge < -0.3 is 16.0 Å². The molecule has 0 aliphatic rings. The molecule has 33 heavy (non-hydrogen) atoms. The highest BCUT2D eigenvalue weighted by Crippen LogP contribution is 2.29. The van der Waals surface area contributed by atoms with Gasteiger partial charge in [-0.05, 0) is 43.2 Å². The number of nitrogens with one attached hydrogen (secondary N) is 3. The van der Waals surface area contributed by atoms with E-state index >= 15 is 0 Å². The third-order valence-corrected chi connectivity index (χ3v) is 4.61. The Bertz CT molecular complexity index is 1140. The van der Waals surface area contributed by atoms with Gasteiger partial charge in [0.05, 0.1) is 23.0 Å². The van der Waals surface area contributed by atoms with Gasteiger partial charge in [-0.3, -0.25) is 4.79 Å². The van der Waals surface area contributed by atoms with Crippen LogP contribution < -0.4 is 16.0 Å². The number of pyridine rings is 1. The first-order chi connectivity index (χ1) is 15.6. The maximum atomic E-state index is 13.0. The second kappa shape index (κ2) is 9.72. The lowest BCUT2D eigenvalue weighted by molar-refractivity contribution is -0.137. The molecule has 2 heterocycles. The van der Waals surface area contributed by atoms with Crippen LogP contribution in [0.1, 0.15) is 48.3 Å². The summed E-state index contributed by atoms with van der Waals surface area (Å²) < 4.78 is 39.9. The van der Waals surface area contributed by atoms with Crippen molar-refractivity contribution in [2.45, 2.75) is 32.9 Å². The fraction of sp³-hybridized carbons (Fsp3) is 0.273. The zero-order valence-corrected chi connectivity index (χ0v) is 18.2. The molecule has 1 aromatic carbocycles. The van der Waals surface area contributed by atoms with Crippen molar-refractivity contribution in [2.24, 2.45) is 0 Å². The number of anilines is 2. The number of aromatic nitrogens is 3. The SMILES string of the molecule is CCNC(=O)Nc1cccc(NC(=O)c2cnn(-c3ccc(C(F)(F)F)cn3)c2C(C)C)c1. The van der Waals surface area contributed by atoms with Crippen LogP contribution in [0.5, 0.6) is 0 Å². The van der Waals surface area contributed by atoms with E-state index in [1.807, 2.05) is 13.8 Å². The minimum absolute atomic E-state index is 0.166. The largest absolute Gasteiger partial charge is 0.417 e. The lowest BCUT2D eigenvalue weighted by Crippen LogP contribution is -2.28. The number of urea groups is 1. The summed E-state index contributed by atoms with van der Waals surface area (Å²) >= 11 is 0. The van der Waals surface area contributed by atoms with E-state index in [-0.39, 0.29) is 23.3 Å². The first-order valence-electron chi connectivity index (χ1n) is 10.2. The number of nitrogens with zero attached hydrogens (tertiary/aromatic N) is 3. The highest BCUT2D eigenvalue weighted by Gasteiger charge is 2.31. The summed E-state index contributed by atoms with van der Waals surface area (Å²) in [4.78, 5) is 28.6. The Balaban J connectivity index is 1.85. The van der Waals surface area contributed by atoms with Crippen molar-refractivity contribution in [3.05, 3.63) is 65.6 Å². The first-order valence-corrected chi connectivity index (χ1v) is 10.2. The Morgan fingerprint density at radius 1 is 1.06 bits per heavy atom. The number of carbonyl (C=O) groups excluding carboxylic acids is 2. The van der Waals surface area contributed by atoms with E-state index in [9.17, 15) is 22.8 Å². The third kappa shape index (κ3) is 5.68. The molecule has 3 N–H and O–H groups in total. The second-order valence-electron chi connectivity index (χ2n) is 7.43. The van der Waals surface area contributed by atoms with Crippen molar-refractivity contribution < 1.29 is 22.8 Å². The molecule has 174 valence electrons. The van der Waals surface area contributed by atoms with Crippen LogP contribution >= 0.6 is 0 Å². The summed E-state index contributed by atoms with van der Waals surface area (Å²) in [5, 5.41) is 12.2. The number of carbonyl (C=O) groups is 2. The van der Waals surface area contributed by atoms with Crippen molar-refractivity contribution in [3.63, 3.8) is 0 Å². The highest BCUT2D eigenvalue weighted by molar-refractivity contribution is 6.05. The standard InChI is InChI=1S/C22H23F3N6O2/c1-4-26-21(33)30-16-7-5-6-15(10-16)29-20(32)17-12-28-31(19(17)13(2)3)18-9-8-14(11-27-18)22(23,24)25/h5-13H,4H2,1-3H3,(H,29,32)(H2,26,30,33). The van der Waals surface area contributed by atoms with Gasteiger partial charge >= 0.3 is 12.2 Å². The lowest BCUT2D eigenvalue weighted by atomic mass is 10.1. The van der Waals surface area contributed by atoms with Crippen LogP contribution in [-0.4, -0.2) is 33.2 Å². The van der Waals surface area contributed by atoms with E-state index < -0.39 is 17.6 Å². The molecule has 0 saturated heterocycles. The quantitative estimate of drug-likeness (QED) is 0.492. The monoisotopic (exact) mass is 460 g/mol. The summed E-state index contributed by atoms with van der Waals surface area (Å²) in [7, 11) is 0. The molecule has 0 saturated carbocycles. The maximum Gasteiger partial charge on any atom is 0.417 e. The van der Waals surface area contributed by atoms with Gasteiger partial charge in [0.25, 0.3) is 5.91 Å². The Morgan fingerprint density at radius 2 is 1.76 bits per heavy atom. The minimum Gasteiger partial charge on any atom is -0.338 e. The smallest absolute Gasteiger partial charge is 0.338 e. The zero-order chi connectivity index (χ0) is 24.2. The van der Waals surface area contributed by atoms with Gasteiger partial charge in [0.1, 0.15) is 0 Å². The summed E-state index contributed by atoms with van der Waals surface area (Å²) in [6.07, 6.45) is -2.42. The molecule has 0 fully saturated rings. The Labute approximate surface area is 188 Å². The van der Waals surface area contributed by atoms with E-state index in [4.69, 9.17) is 0 Å². The normalized spacial score (nSPS) is 11.4. The highest BCUT2D eigenvalue weighted by atomic mass is 19.4. The molecule has 3 rings (SSSR count).